The Morgan fingerprint density at radius 3 is 2.46 bits per heavy atom. The zero-order valence-corrected chi connectivity index (χ0v) is 17.9. The van der Waals surface area contributed by atoms with E-state index in [0.29, 0.717) is 16.7 Å². The van der Waals surface area contributed by atoms with Crippen LogP contribution < -0.4 is 4.74 Å². The smallest absolute Gasteiger partial charge is 0.191 e. The van der Waals surface area contributed by atoms with E-state index in [-0.39, 0.29) is 11.9 Å². The van der Waals surface area contributed by atoms with Crippen LogP contribution in [0, 0.1) is 5.82 Å². The maximum Gasteiger partial charge on any atom is 0.191 e. The molecule has 148 valence electrons. The molecule has 0 bridgehead atoms. The van der Waals surface area contributed by atoms with E-state index >= 15 is 0 Å². The summed E-state index contributed by atoms with van der Waals surface area (Å²) in [7, 11) is 1.91. The molecule has 0 saturated carbocycles. The number of rotatable bonds is 7. The van der Waals surface area contributed by atoms with Gasteiger partial charge in [0.05, 0.1) is 0 Å². The second kappa shape index (κ2) is 8.97. The molecule has 3 rings (SSSR count). The first-order valence-electron chi connectivity index (χ1n) is 9.07. The summed E-state index contributed by atoms with van der Waals surface area (Å²) in [5.74, 6) is 2.26. The third-order valence-electron chi connectivity index (χ3n) is 4.46. The summed E-state index contributed by atoms with van der Waals surface area (Å²) < 4.78 is 21.1. The SMILES string of the molecule is CC(C)c1ccc(OC(C)c2nnc(SCc3ccc(F)cc3Cl)n2C)cc1. The molecule has 1 atom stereocenters. The van der Waals surface area contributed by atoms with Crippen LogP contribution in [0.2, 0.25) is 5.02 Å². The maximum absolute atomic E-state index is 13.2. The Bertz CT molecular complexity index is 943. The van der Waals surface area contributed by atoms with Crippen LogP contribution in [0.4, 0.5) is 4.39 Å². The third-order valence-corrected chi connectivity index (χ3v) is 5.88. The van der Waals surface area contributed by atoms with Crippen molar-refractivity contribution in [2.45, 2.75) is 43.7 Å². The Morgan fingerprint density at radius 1 is 1.11 bits per heavy atom. The van der Waals surface area contributed by atoms with Gasteiger partial charge in [-0.2, -0.15) is 0 Å². The van der Waals surface area contributed by atoms with Crippen molar-refractivity contribution in [3.63, 3.8) is 0 Å². The van der Waals surface area contributed by atoms with Crippen LogP contribution in [0.5, 0.6) is 5.75 Å². The third kappa shape index (κ3) is 4.86. The molecule has 1 unspecified atom stereocenters. The summed E-state index contributed by atoms with van der Waals surface area (Å²) in [6, 6.07) is 12.5. The molecule has 0 aliphatic rings. The number of aromatic nitrogens is 3. The summed E-state index contributed by atoms with van der Waals surface area (Å²) in [6.45, 7) is 6.28. The monoisotopic (exact) mass is 419 g/mol. The molecule has 0 saturated heterocycles. The van der Waals surface area contributed by atoms with Crippen LogP contribution >= 0.6 is 23.4 Å². The van der Waals surface area contributed by atoms with Crippen molar-refractivity contribution in [2.75, 3.05) is 0 Å². The lowest BCUT2D eigenvalue weighted by atomic mass is 10.0. The minimum absolute atomic E-state index is 0.244. The fraction of sp³-hybridized carbons (Fsp3) is 0.333. The second-order valence-electron chi connectivity index (χ2n) is 6.91. The molecule has 3 aromatic rings. The second-order valence-corrected chi connectivity index (χ2v) is 8.26. The predicted molar refractivity (Wildman–Crippen MR) is 112 cm³/mol. The zero-order chi connectivity index (χ0) is 20.3. The van der Waals surface area contributed by atoms with Crippen LogP contribution in [0.1, 0.15) is 49.7 Å². The number of nitrogens with zero attached hydrogens (tertiary/aromatic N) is 3. The quantitative estimate of drug-likeness (QED) is 0.430. The number of hydrogen-bond acceptors (Lipinski definition) is 4. The minimum Gasteiger partial charge on any atom is -0.483 e. The Labute approximate surface area is 174 Å². The Balaban J connectivity index is 1.66. The average Bonchev–Trinajstić information content (AvgIpc) is 3.02. The van der Waals surface area contributed by atoms with E-state index in [4.69, 9.17) is 16.3 Å². The molecule has 0 fully saturated rings. The molecule has 4 nitrogen and oxygen atoms in total. The Morgan fingerprint density at radius 2 is 1.82 bits per heavy atom. The van der Waals surface area contributed by atoms with E-state index < -0.39 is 0 Å². The number of benzene rings is 2. The van der Waals surface area contributed by atoms with Crippen molar-refractivity contribution in [1.29, 1.82) is 0 Å². The molecule has 0 N–H and O–H groups in total. The number of thioether (sulfide) groups is 1. The molecule has 1 aromatic heterocycles. The molecular weight excluding hydrogens is 397 g/mol. The summed E-state index contributed by atoms with van der Waals surface area (Å²) in [6.07, 6.45) is -0.244. The molecule has 28 heavy (non-hydrogen) atoms. The van der Waals surface area contributed by atoms with Gasteiger partial charge in [-0.25, -0.2) is 4.39 Å². The summed E-state index contributed by atoms with van der Waals surface area (Å²) >= 11 is 7.59. The first-order chi connectivity index (χ1) is 13.3. The molecule has 0 aliphatic carbocycles. The number of ether oxygens (including phenoxy) is 1. The zero-order valence-electron chi connectivity index (χ0n) is 16.3. The molecule has 1 heterocycles. The highest BCUT2D eigenvalue weighted by molar-refractivity contribution is 7.98. The van der Waals surface area contributed by atoms with E-state index in [2.05, 4.69) is 36.2 Å². The highest BCUT2D eigenvalue weighted by Gasteiger charge is 2.18. The lowest BCUT2D eigenvalue weighted by molar-refractivity contribution is 0.211. The summed E-state index contributed by atoms with van der Waals surface area (Å²) in [5.41, 5.74) is 2.13. The van der Waals surface area contributed by atoms with E-state index in [0.717, 1.165) is 22.3 Å². The topological polar surface area (TPSA) is 39.9 Å². The molecule has 0 aliphatic heterocycles. The van der Waals surface area contributed by atoms with E-state index in [1.165, 1.54) is 29.5 Å². The van der Waals surface area contributed by atoms with Gasteiger partial charge in [0, 0.05) is 17.8 Å². The van der Waals surface area contributed by atoms with Crippen molar-refractivity contribution in [1.82, 2.24) is 14.8 Å². The van der Waals surface area contributed by atoms with Crippen LogP contribution in [0.15, 0.2) is 47.6 Å². The first-order valence-corrected chi connectivity index (χ1v) is 10.4. The summed E-state index contributed by atoms with van der Waals surface area (Å²) in [5, 5.41) is 9.70. The molecule has 2 aromatic carbocycles. The van der Waals surface area contributed by atoms with Gasteiger partial charge in [0.2, 0.25) is 0 Å². The Kier molecular flexibility index (Phi) is 6.62. The van der Waals surface area contributed by atoms with Gasteiger partial charge in [-0.3, -0.25) is 0 Å². The van der Waals surface area contributed by atoms with Crippen molar-refractivity contribution in [3.8, 4) is 5.75 Å². The van der Waals surface area contributed by atoms with Crippen LogP contribution in [0.25, 0.3) is 0 Å². The van der Waals surface area contributed by atoms with Crippen molar-refractivity contribution in [2.24, 2.45) is 7.05 Å². The molecule has 0 spiro atoms. The normalized spacial score (nSPS) is 12.4. The highest BCUT2D eigenvalue weighted by atomic mass is 35.5. The van der Waals surface area contributed by atoms with Gasteiger partial charge in [-0.15, -0.1) is 10.2 Å². The van der Waals surface area contributed by atoms with Crippen molar-refractivity contribution < 1.29 is 9.13 Å². The number of hydrogen-bond donors (Lipinski definition) is 0. The minimum atomic E-state index is -0.341. The largest absolute Gasteiger partial charge is 0.483 e. The van der Waals surface area contributed by atoms with Crippen molar-refractivity contribution >= 4 is 23.4 Å². The summed E-state index contributed by atoms with van der Waals surface area (Å²) in [4.78, 5) is 0. The van der Waals surface area contributed by atoms with Gasteiger partial charge < -0.3 is 9.30 Å². The van der Waals surface area contributed by atoms with E-state index in [1.807, 2.05) is 30.7 Å². The molecule has 0 radical (unpaired) electrons. The van der Waals surface area contributed by atoms with E-state index in [9.17, 15) is 4.39 Å². The lowest BCUT2D eigenvalue weighted by Crippen LogP contribution is -2.10. The lowest BCUT2D eigenvalue weighted by Gasteiger charge is -2.15. The van der Waals surface area contributed by atoms with Gasteiger partial charge in [0.15, 0.2) is 17.1 Å². The van der Waals surface area contributed by atoms with Gasteiger partial charge in [0.1, 0.15) is 11.6 Å². The fourth-order valence-corrected chi connectivity index (χ4v) is 4.01. The molecular formula is C21H23ClFN3OS. The first kappa shape index (κ1) is 20.7. The van der Waals surface area contributed by atoms with Crippen molar-refractivity contribution in [3.05, 3.63) is 70.3 Å². The van der Waals surface area contributed by atoms with Crippen LogP contribution in [0.3, 0.4) is 0 Å². The van der Waals surface area contributed by atoms with Gasteiger partial charge in [-0.1, -0.05) is 55.4 Å². The van der Waals surface area contributed by atoms with Gasteiger partial charge >= 0.3 is 0 Å². The fourth-order valence-electron chi connectivity index (χ4n) is 2.78. The number of halogens is 2. The van der Waals surface area contributed by atoms with Gasteiger partial charge in [-0.05, 0) is 48.2 Å². The van der Waals surface area contributed by atoms with Gasteiger partial charge in [0.25, 0.3) is 0 Å². The van der Waals surface area contributed by atoms with Crippen LogP contribution in [-0.2, 0) is 12.8 Å². The average molecular weight is 420 g/mol. The molecule has 0 amide bonds. The maximum atomic E-state index is 13.2. The predicted octanol–water partition coefficient (Wildman–Crippen LogP) is 6.16. The van der Waals surface area contributed by atoms with E-state index in [1.54, 1.807) is 6.07 Å². The highest BCUT2D eigenvalue weighted by Crippen LogP contribution is 2.28. The standard InChI is InChI=1S/C21H23ClFN3OS/c1-13(2)15-6-9-18(10-7-15)27-14(3)20-24-25-21(26(20)4)28-12-16-5-8-17(23)11-19(16)22/h5-11,13-14H,12H2,1-4H3. The van der Waals surface area contributed by atoms with Crippen LogP contribution in [-0.4, -0.2) is 14.8 Å². The Hall–Kier alpha value is -2.05. The molecule has 7 heteroatoms.